The highest BCUT2D eigenvalue weighted by Gasteiger charge is 2.44. The molecular weight excluding hydrogens is 254 g/mol. The molecule has 0 spiro atoms. The molecule has 1 heterocycles. The van der Waals surface area contributed by atoms with E-state index in [1.54, 1.807) is 0 Å². The van der Waals surface area contributed by atoms with E-state index in [1.165, 1.54) is 22.6 Å². The maximum absolute atomic E-state index is 6.58. The molecule has 108 valence electrons. The van der Waals surface area contributed by atoms with Crippen LogP contribution in [0.1, 0.15) is 62.3 Å². The Morgan fingerprint density at radius 2 is 1.89 bits per heavy atom. The summed E-state index contributed by atoms with van der Waals surface area (Å²) in [4.78, 5) is 2.60. The predicted octanol–water partition coefficient (Wildman–Crippen LogP) is 4.43. The lowest BCUT2D eigenvalue weighted by Gasteiger charge is -2.46. The number of hydrogen-bond donors (Lipinski definition) is 1. The Labute approximate surface area is 121 Å². The summed E-state index contributed by atoms with van der Waals surface area (Å²) < 4.78 is 6.17. The molecule has 0 bridgehead atoms. The van der Waals surface area contributed by atoms with Gasteiger partial charge in [0.1, 0.15) is 0 Å². The molecule has 0 aliphatic heterocycles. The van der Waals surface area contributed by atoms with Crippen molar-refractivity contribution >= 4 is 11.3 Å². The molecule has 1 saturated carbocycles. The maximum Gasteiger partial charge on any atom is 0.0882 e. The Hall–Kier alpha value is -0.380. The number of aryl methyl sites for hydroxylation is 1. The molecule has 1 aliphatic carbocycles. The van der Waals surface area contributed by atoms with Gasteiger partial charge in [-0.2, -0.15) is 0 Å². The molecule has 1 fully saturated rings. The van der Waals surface area contributed by atoms with Gasteiger partial charge in [-0.3, -0.25) is 0 Å². The highest BCUT2D eigenvalue weighted by Crippen LogP contribution is 2.47. The van der Waals surface area contributed by atoms with E-state index in [1.807, 2.05) is 11.3 Å². The molecule has 2 nitrogen and oxygen atoms in total. The zero-order chi connectivity index (χ0) is 14.1. The Balaban J connectivity index is 2.20. The van der Waals surface area contributed by atoms with Crippen LogP contribution in [0.3, 0.4) is 0 Å². The SMILES string of the molecule is CCOC1(C(N)c2ccc(C)s2)CCC(C)(C)CC1. The second-order valence-corrected chi connectivity index (χ2v) is 7.91. The third kappa shape index (κ3) is 3.21. The molecule has 0 radical (unpaired) electrons. The summed E-state index contributed by atoms with van der Waals surface area (Å²) in [6, 6.07) is 4.35. The molecular formula is C16H27NOS. The Morgan fingerprint density at radius 3 is 2.37 bits per heavy atom. The van der Waals surface area contributed by atoms with Crippen LogP contribution in [0.4, 0.5) is 0 Å². The summed E-state index contributed by atoms with van der Waals surface area (Å²) in [7, 11) is 0. The van der Waals surface area contributed by atoms with Gasteiger partial charge in [0.05, 0.1) is 11.6 Å². The topological polar surface area (TPSA) is 35.2 Å². The summed E-state index contributed by atoms with van der Waals surface area (Å²) in [5.41, 5.74) is 6.86. The molecule has 0 aromatic carbocycles. The first-order valence-corrected chi connectivity index (χ1v) is 8.16. The van der Waals surface area contributed by atoms with Crippen molar-refractivity contribution in [1.29, 1.82) is 0 Å². The molecule has 19 heavy (non-hydrogen) atoms. The van der Waals surface area contributed by atoms with E-state index in [-0.39, 0.29) is 11.6 Å². The smallest absolute Gasteiger partial charge is 0.0882 e. The fourth-order valence-corrected chi connectivity index (χ4v) is 4.05. The van der Waals surface area contributed by atoms with Crippen LogP contribution in [0.5, 0.6) is 0 Å². The average Bonchev–Trinajstić information content (AvgIpc) is 2.78. The second-order valence-electron chi connectivity index (χ2n) is 6.59. The van der Waals surface area contributed by atoms with Gasteiger partial charge in [0, 0.05) is 16.4 Å². The van der Waals surface area contributed by atoms with Crippen LogP contribution in [0.2, 0.25) is 0 Å². The lowest BCUT2D eigenvalue weighted by Crippen LogP contribution is -2.47. The van der Waals surface area contributed by atoms with Crippen LogP contribution in [0.15, 0.2) is 12.1 Å². The van der Waals surface area contributed by atoms with Gasteiger partial charge >= 0.3 is 0 Å². The highest BCUT2D eigenvalue weighted by atomic mass is 32.1. The van der Waals surface area contributed by atoms with Gasteiger partial charge in [-0.05, 0) is 57.1 Å². The van der Waals surface area contributed by atoms with Crippen molar-refractivity contribution in [3.63, 3.8) is 0 Å². The number of rotatable bonds is 4. The summed E-state index contributed by atoms with van der Waals surface area (Å²) in [5, 5.41) is 0. The van der Waals surface area contributed by atoms with Gasteiger partial charge in [0.2, 0.25) is 0 Å². The molecule has 0 amide bonds. The van der Waals surface area contributed by atoms with E-state index in [9.17, 15) is 0 Å². The zero-order valence-electron chi connectivity index (χ0n) is 12.7. The Morgan fingerprint density at radius 1 is 1.26 bits per heavy atom. The van der Waals surface area contributed by atoms with Crippen molar-refractivity contribution in [2.24, 2.45) is 11.1 Å². The molecule has 1 aliphatic rings. The van der Waals surface area contributed by atoms with E-state index in [0.717, 1.165) is 19.4 Å². The first-order valence-electron chi connectivity index (χ1n) is 7.34. The van der Waals surface area contributed by atoms with Crippen LogP contribution in [-0.2, 0) is 4.74 Å². The Bertz CT molecular complexity index is 414. The fraction of sp³-hybridized carbons (Fsp3) is 0.750. The first-order chi connectivity index (χ1) is 8.88. The normalized spacial score (nSPS) is 23.2. The largest absolute Gasteiger partial charge is 0.373 e. The number of nitrogens with two attached hydrogens (primary N) is 1. The standard InChI is InChI=1S/C16H27NOS/c1-5-18-16(10-8-15(3,4)9-11-16)14(17)13-7-6-12(2)19-13/h6-7,14H,5,8-11,17H2,1-4H3. The fourth-order valence-electron chi connectivity index (χ4n) is 3.06. The van der Waals surface area contributed by atoms with Crippen molar-refractivity contribution in [2.75, 3.05) is 6.61 Å². The summed E-state index contributed by atoms with van der Waals surface area (Å²) in [6.45, 7) is 9.66. The number of hydrogen-bond acceptors (Lipinski definition) is 3. The molecule has 1 atom stereocenters. The van der Waals surface area contributed by atoms with E-state index >= 15 is 0 Å². The molecule has 1 unspecified atom stereocenters. The second kappa shape index (κ2) is 5.55. The van der Waals surface area contributed by atoms with Crippen molar-refractivity contribution in [3.8, 4) is 0 Å². The van der Waals surface area contributed by atoms with Crippen LogP contribution in [0, 0.1) is 12.3 Å². The van der Waals surface area contributed by atoms with E-state index in [0.29, 0.717) is 5.41 Å². The first kappa shape index (κ1) is 15.0. The maximum atomic E-state index is 6.58. The summed E-state index contributed by atoms with van der Waals surface area (Å²) in [6.07, 6.45) is 4.55. The molecule has 1 aromatic rings. The molecule has 3 heteroatoms. The van der Waals surface area contributed by atoms with Crippen LogP contribution in [-0.4, -0.2) is 12.2 Å². The van der Waals surface area contributed by atoms with E-state index in [4.69, 9.17) is 10.5 Å². The van der Waals surface area contributed by atoms with Crippen molar-refractivity contribution < 1.29 is 4.74 Å². The molecule has 2 rings (SSSR count). The molecule has 1 aromatic heterocycles. The highest BCUT2D eigenvalue weighted by molar-refractivity contribution is 7.12. The molecule has 0 saturated heterocycles. The van der Waals surface area contributed by atoms with Crippen LogP contribution < -0.4 is 5.73 Å². The minimum Gasteiger partial charge on any atom is -0.373 e. The van der Waals surface area contributed by atoms with Gasteiger partial charge in [-0.15, -0.1) is 11.3 Å². The van der Waals surface area contributed by atoms with E-state index < -0.39 is 0 Å². The quantitative estimate of drug-likeness (QED) is 0.886. The van der Waals surface area contributed by atoms with Crippen LogP contribution in [0.25, 0.3) is 0 Å². The van der Waals surface area contributed by atoms with Gasteiger partial charge in [-0.25, -0.2) is 0 Å². The number of thiophene rings is 1. The lowest BCUT2D eigenvalue weighted by atomic mass is 9.68. The summed E-state index contributed by atoms with van der Waals surface area (Å²) in [5.74, 6) is 0. The van der Waals surface area contributed by atoms with Gasteiger partial charge in [0.25, 0.3) is 0 Å². The predicted molar refractivity (Wildman–Crippen MR) is 82.6 cm³/mol. The minimum absolute atomic E-state index is 0.0160. The monoisotopic (exact) mass is 281 g/mol. The van der Waals surface area contributed by atoms with Crippen molar-refractivity contribution in [3.05, 3.63) is 21.9 Å². The Kier molecular flexibility index (Phi) is 4.38. The third-order valence-electron chi connectivity index (χ3n) is 4.52. The average molecular weight is 281 g/mol. The van der Waals surface area contributed by atoms with Gasteiger partial charge < -0.3 is 10.5 Å². The zero-order valence-corrected chi connectivity index (χ0v) is 13.5. The number of ether oxygens (including phenoxy) is 1. The summed E-state index contributed by atoms with van der Waals surface area (Å²) >= 11 is 1.81. The lowest BCUT2D eigenvalue weighted by molar-refractivity contribution is -0.0994. The van der Waals surface area contributed by atoms with Crippen molar-refractivity contribution in [2.45, 2.75) is 65.0 Å². The van der Waals surface area contributed by atoms with Crippen molar-refractivity contribution in [1.82, 2.24) is 0 Å². The van der Waals surface area contributed by atoms with Crippen LogP contribution >= 0.6 is 11.3 Å². The van der Waals surface area contributed by atoms with E-state index in [2.05, 4.69) is 39.8 Å². The van der Waals surface area contributed by atoms with Gasteiger partial charge in [-0.1, -0.05) is 13.8 Å². The third-order valence-corrected chi connectivity index (χ3v) is 5.60. The van der Waals surface area contributed by atoms with Gasteiger partial charge in [0.15, 0.2) is 0 Å². The minimum atomic E-state index is -0.151. The molecule has 2 N–H and O–H groups in total.